The number of nitrogens with one attached hydrogen (secondary N) is 3. The highest BCUT2D eigenvalue weighted by Crippen LogP contribution is 2.32. The van der Waals surface area contributed by atoms with E-state index in [0.717, 1.165) is 23.8 Å². The fourth-order valence-electron chi connectivity index (χ4n) is 4.40. The van der Waals surface area contributed by atoms with E-state index in [1.807, 2.05) is 11.6 Å². The molecule has 0 heterocycles. The average Bonchev–Trinajstić information content (AvgIpc) is 2.87. The Bertz CT molecular complexity index is 1320. The summed E-state index contributed by atoms with van der Waals surface area (Å²) in [4.78, 5) is 37.3. The maximum Gasteiger partial charge on any atom is 0.416 e. The first-order chi connectivity index (χ1) is 18.3. The second-order valence-corrected chi connectivity index (χ2v) is 12.0. The number of hydrogen-bond acceptors (Lipinski definition) is 6. The summed E-state index contributed by atoms with van der Waals surface area (Å²) in [5, 5.41) is 15.7. The lowest BCUT2D eigenvalue weighted by Crippen LogP contribution is -2.47. The molecule has 0 bridgehead atoms. The van der Waals surface area contributed by atoms with Crippen LogP contribution in [0.25, 0.3) is 0 Å². The van der Waals surface area contributed by atoms with Gasteiger partial charge in [-0.3, -0.25) is 14.9 Å². The lowest BCUT2D eigenvalue weighted by atomic mass is 9.86. The highest BCUT2D eigenvalue weighted by molar-refractivity contribution is 7.98. The van der Waals surface area contributed by atoms with Gasteiger partial charge in [0.05, 0.1) is 34.0 Å². The molecule has 0 radical (unpaired) electrons. The van der Waals surface area contributed by atoms with Crippen LogP contribution in [0.5, 0.6) is 0 Å². The smallest absolute Gasteiger partial charge is 0.416 e. The normalized spacial score (nSPS) is 17.7. The lowest BCUT2D eigenvalue weighted by Gasteiger charge is -2.32. The molecule has 1 saturated carbocycles. The third-order valence-electron chi connectivity index (χ3n) is 6.35. The van der Waals surface area contributed by atoms with Crippen LogP contribution in [0.2, 0.25) is 0 Å². The molecule has 0 saturated heterocycles. The molecule has 2 atom stereocenters. The van der Waals surface area contributed by atoms with E-state index in [1.54, 1.807) is 24.3 Å². The van der Waals surface area contributed by atoms with Crippen molar-refractivity contribution in [1.29, 1.82) is 0 Å². The summed E-state index contributed by atoms with van der Waals surface area (Å²) in [5.41, 5.74) is -2.15. The maximum absolute atomic E-state index is 13.1. The van der Waals surface area contributed by atoms with Gasteiger partial charge in [0.1, 0.15) is 0 Å². The molecule has 0 aliphatic heterocycles. The largest absolute Gasteiger partial charge is 0.465 e. The van der Waals surface area contributed by atoms with E-state index in [0.29, 0.717) is 25.0 Å². The summed E-state index contributed by atoms with van der Waals surface area (Å²) < 4.78 is 65.4. The van der Waals surface area contributed by atoms with Gasteiger partial charge >= 0.3 is 12.3 Å². The molecule has 0 unspecified atom stereocenters. The predicted octanol–water partition coefficient (Wildman–Crippen LogP) is 4.40. The summed E-state index contributed by atoms with van der Waals surface area (Å²) in [6.07, 6.45) is -1.80. The number of sulfone groups is 1. The van der Waals surface area contributed by atoms with E-state index in [2.05, 4.69) is 10.6 Å². The van der Waals surface area contributed by atoms with Crippen LogP contribution in [0, 0.1) is 5.92 Å². The number of thioether (sulfide) groups is 1. The van der Waals surface area contributed by atoms with Gasteiger partial charge in [0, 0.05) is 10.9 Å². The number of hydrogen-bond donors (Lipinski definition) is 4. The topological polar surface area (TPSA) is 142 Å². The van der Waals surface area contributed by atoms with E-state index in [1.165, 1.54) is 11.8 Å². The van der Waals surface area contributed by atoms with Gasteiger partial charge in [-0.2, -0.15) is 13.2 Å². The van der Waals surface area contributed by atoms with E-state index < -0.39 is 57.6 Å². The molecule has 2 aromatic carbocycles. The zero-order valence-electron chi connectivity index (χ0n) is 20.9. The molecule has 3 amide bonds. The highest BCUT2D eigenvalue weighted by Gasteiger charge is 2.33. The summed E-state index contributed by atoms with van der Waals surface area (Å²) in [7, 11) is -3.62. The second-order valence-electron chi connectivity index (χ2n) is 9.05. The van der Waals surface area contributed by atoms with Gasteiger partial charge in [-0.1, -0.05) is 12.8 Å². The van der Waals surface area contributed by atoms with Gasteiger partial charge in [0.25, 0.3) is 5.91 Å². The standard InChI is InChI=1S/C25H28F3N3O6S2/c1-38-17-7-9-18(10-8-17)39(36,37)14-15-4-2-3-5-20(15)30-22(32)13-29-23(33)19-12-16(25(26,27)28)6-11-21(19)31-24(34)35/h6-12,15,20,31H,2-5,13-14H2,1H3,(H,29,33)(H,30,32)(H,34,35)/t15-,20-/m0/s1. The van der Waals surface area contributed by atoms with Crippen LogP contribution < -0.4 is 16.0 Å². The first kappa shape index (κ1) is 30.3. The number of rotatable bonds is 9. The molecule has 0 spiro atoms. The Morgan fingerprint density at radius 2 is 1.72 bits per heavy atom. The van der Waals surface area contributed by atoms with Crippen LogP contribution in [-0.2, 0) is 20.8 Å². The average molecular weight is 588 g/mol. The van der Waals surface area contributed by atoms with Crippen molar-refractivity contribution in [3.05, 3.63) is 53.6 Å². The summed E-state index contributed by atoms with van der Waals surface area (Å²) in [6.45, 7) is -0.603. The van der Waals surface area contributed by atoms with E-state index >= 15 is 0 Å². The lowest BCUT2D eigenvalue weighted by molar-refractivity contribution is -0.137. The zero-order valence-corrected chi connectivity index (χ0v) is 22.5. The van der Waals surface area contributed by atoms with E-state index in [-0.39, 0.29) is 22.3 Å². The van der Waals surface area contributed by atoms with Crippen molar-refractivity contribution in [2.24, 2.45) is 5.92 Å². The number of carbonyl (C=O) groups is 3. The SMILES string of the molecule is CSc1ccc(S(=O)(=O)C[C@@H]2CCCC[C@@H]2NC(=O)CNC(=O)c2cc(C(F)(F)F)ccc2NC(=O)O)cc1. The molecule has 9 nitrogen and oxygen atoms in total. The summed E-state index contributed by atoms with van der Waals surface area (Å²) in [5.74, 6) is -2.27. The summed E-state index contributed by atoms with van der Waals surface area (Å²) >= 11 is 1.49. The maximum atomic E-state index is 13.1. The van der Waals surface area contributed by atoms with Crippen LogP contribution in [0.4, 0.5) is 23.7 Å². The van der Waals surface area contributed by atoms with Crippen LogP contribution in [0.1, 0.15) is 41.6 Å². The Hall–Kier alpha value is -3.26. The molecule has 1 fully saturated rings. The first-order valence-corrected chi connectivity index (χ1v) is 14.8. The molecule has 4 N–H and O–H groups in total. The fraction of sp³-hybridized carbons (Fsp3) is 0.400. The van der Waals surface area contributed by atoms with E-state index in [9.17, 15) is 36.0 Å². The van der Waals surface area contributed by atoms with Crippen molar-refractivity contribution < 1.29 is 41.1 Å². The molecule has 1 aliphatic carbocycles. The van der Waals surface area contributed by atoms with E-state index in [4.69, 9.17) is 5.11 Å². The molecule has 14 heteroatoms. The zero-order chi connectivity index (χ0) is 28.8. The number of anilines is 1. The quantitative estimate of drug-likeness (QED) is 0.319. The summed E-state index contributed by atoms with van der Waals surface area (Å²) in [6, 6.07) is 8.01. The van der Waals surface area contributed by atoms with Gasteiger partial charge in [0.2, 0.25) is 5.91 Å². The molecule has 2 aromatic rings. The Labute approximate surface area is 227 Å². The van der Waals surface area contributed by atoms with Gasteiger partial charge in [-0.15, -0.1) is 11.8 Å². The number of carbonyl (C=O) groups excluding carboxylic acids is 2. The Morgan fingerprint density at radius 3 is 2.33 bits per heavy atom. The molecule has 0 aromatic heterocycles. The number of carboxylic acid groups (broad SMARTS) is 1. The predicted molar refractivity (Wildman–Crippen MR) is 140 cm³/mol. The van der Waals surface area contributed by atoms with Crippen molar-refractivity contribution in [3.8, 4) is 0 Å². The molecule has 212 valence electrons. The molecule has 39 heavy (non-hydrogen) atoms. The highest BCUT2D eigenvalue weighted by atomic mass is 32.2. The van der Waals surface area contributed by atoms with Crippen molar-refractivity contribution >= 4 is 45.2 Å². The van der Waals surface area contributed by atoms with Crippen LogP contribution in [0.3, 0.4) is 0 Å². The monoisotopic (exact) mass is 587 g/mol. The van der Waals surface area contributed by atoms with Crippen LogP contribution in [0.15, 0.2) is 52.3 Å². The first-order valence-electron chi connectivity index (χ1n) is 12.0. The Kier molecular flexibility index (Phi) is 9.88. The fourth-order valence-corrected chi connectivity index (χ4v) is 6.52. The minimum atomic E-state index is -4.78. The Morgan fingerprint density at radius 1 is 1.05 bits per heavy atom. The molecule has 3 rings (SSSR count). The third-order valence-corrected chi connectivity index (χ3v) is 8.95. The molecule has 1 aliphatic rings. The van der Waals surface area contributed by atoms with Gasteiger partial charge in [-0.25, -0.2) is 13.2 Å². The van der Waals surface area contributed by atoms with Crippen LogP contribution in [-0.4, -0.2) is 56.0 Å². The Balaban J connectivity index is 1.66. The van der Waals surface area contributed by atoms with Crippen molar-refractivity contribution in [3.63, 3.8) is 0 Å². The van der Waals surface area contributed by atoms with Gasteiger partial charge in [0.15, 0.2) is 9.84 Å². The molecular formula is C25H28F3N3O6S2. The minimum absolute atomic E-state index is 0.169. The van der Waals surface area contributed by atoms with Gasteiger partial charge in [-0.05, 0) is 67.5 Å². The van der Waals surface area contributed by atoms with Crippen molar-refractivity contribution in [2.45, 2.75) is 47.7 Å². The number of amides is 3. The van der Waals surface area contributed by atoms with Crippen molar-refractivity contribution in [1.82, 2.24) is 10.6 Å². The van der Waals surface area contributed by atoms with Gasteiger partial charge < -0.3 is 15.7 Å². The van der Waals surface area contributed by atoms with Crippen LogP contribution >= 0.6 is 11.8 Å². The number of halogens is 3. The molecular weight excluding hydrogens is 559 g/mol. The second kappa shape index (κ2) is 12.7. The number of alkyl halides is 3. The van der Waals surface area contributed by atoms with Crippen molar-refractivity contribution in [2.75, 3.05) is 23.9 Å². The minimum Gasteiger partial charge on any atom is -0.465 e. The third kappa shape index (κ3) is 8.36. The number of benzene rings is 2.